The van der Waals surface area contributed by atoms with E-state index in [0.717, 1.165) is 5.56 Å². The molecule has 0 amide bonds. The predicted octanol–water partition coefficient (Wildman–Crippen LogP) is 3.01. The molecule has 2 rings (SSSR count). The Balaban J connectivity index is 1.92. The van der Waals surface area contributed by atoms with E-state index in [9.17, 15) is 4.79 Å². The van der Waals surface area contributed by atoms with Crippen LogP contribution < -0.4 is 0 Å². The van der Waals surface area contributed by atoms with Gasteiger partial charge in [0.25, 0.3) is 0 Å². The van der Waals surface area contributed by atoms with Crippen molar-refractivity contribution in [2.24, 2.45) is 0 Å². The summed E-state index contributed by atoms with van der Waals surface area (Å²) in [6.07, 6.45) is 9.67. The second-order valence-corrected chi connectivity index (χ2v) is 5.73. The van der Waals surface area contributed by atoms with Crippen molar-refractivity contribution in [1.29, 1.82) is 0 Å². The third-order valence-corrected chi connectivity index (χ3v) is 3.68. The minimum atomic E-state index is -0.544. The van der Waals surface area contributed by atoms with Crippen LogP contribution in [-0.4, -0.2) is 37.7 Å². The van der Waals surface area contributed by atoms with Crippen molar-refractivity contribution in [2.75, 3.05) is 13.2 Å². The molecule has 1 aliphatic heterocycles. The van der Waals surface area contributed by atoms with Crippen molar-refractivity contribution in [2.45, 2.75) is 37.9 Å². The van der Waals surface area contributed by atoms with Crippen LogP contribution in [0.2, 0.25) is 0 Å². The average Bonchev–Trinajstić information content (AvgIpc) is 2.67. The van der Waals surface area contributed by atoms with Crippen LogP contribution in [0.25, 0.3) is 0 Å². The minimum absolute atomic E-state index is 0.163. The fourth-order valence-electron chi connectivity index (χ4n) is 2.38. The van der Waals surface area contributed by atoms with Crippen LogP contribution in [0, 0.1) is 12.3 Å². The van der Waals surface area contributed by atoms with Crippen LogP contribution in [0.3, 0.4) is 0 Å². The first-order chi connectivity index (χ1) is 12.7. The van der Waals surface area contributed by atoms with Crippen LogP contribution in [0.1, 0.15) is 18.4 Å². The molecule has 0 saturated carbocycles. The summed E-state index contributed by atoms with van der Waals surface area (Å²) in [5.41, 5.74) is 1.04. The van der Waals surface area contributed by atoms with Crippen LogP contribution in [0.5, 0.6) is 0 Å². The van der Waals surface area contributed by atoms with Crippen molar-refractivity contribution in [3.63, 3.8) is 0 Å². The molecule has 0 aromatic heterocycles. The highest BCUT2D eigenvalue weighted by Gasteiger charge is 2.30. The molecule has 5 nitrogen and oxygen atoms in total. The predicted molar refractivity (Wildman–Crippen MR) is 98.0 cm³/mol. The lowest BCUT2D eigenvalue weighted by Gasteiger charge is -2.31. The first-order valence-electron chi connectivity index (χ1n) is 8.54. The zero-order valence-corrected chi connectivity index (χ0v) is 14.7. The molecule has 1 heterocycles. The molecule has 0 aliphatic carbocycles. The molecule has 0 spiro atoms. The van der Waals surface area contributed by atoms with Crippen molar-refractivity contribution < 1.29 is 23.7 Å². The van der Waals surface area contributed by atoms with Crippen LogP contribution in [0.15, 0.2) is 55.1 Å². The van der Waals surface area contributed by atoms with E-state index in [1.54, 1.807) is 18.2 Å². The Morgan fingerprint density at radius 1 is 1.31 bits per heavy atom. The number of carbonyl (C=O) groups is 1. The Labute approximate surface area is 154 Å². The van der Waals surface area contributed by atoms with E-state index in [1.165, 1.54) is 0 Å². The number of hydrogen-bond acceptors (Lipinski definition) is 5. The van der Waals surface area contributed by atoms with Crippen LogP contribution >= 0.6 is 0 Å². The minimum Gasteiger partial charge on any atom is -0.455 e. The quantitative estimate of drug-likeness (QED) is 0.279. The van der Waals surface area contributed by atoms with E-state index in [1.807, 2.05) is 30.3 Å². The highest BCUT2D eigenvalue weighted by molar-refractivity contribution is 5.70. The zero-order valence-electron chi connectivity index (χ0n) is 14.7. The maximum absolute atomic E-state index is 11.9. The Hall–Kier alpha value is -2.39. The van der Waals surface area contributed by atoms with Crippen molar-refractivity contribution in [3.8, 4) is 12.3 Å². The van der Waals surface area contributed by atoms with Crippen LogP contribution in [0.4, 0.5) is 0 Å². The number of rotatable bonds is 10. The summed E-state index contributed by atoms with van der Waals surface area (Å²) in [6, 6.07) is 9.80. The lowest BCUT2D eigenvalue weighted by molar-refractivity contribution is -0.199. The molecule has 0 saturated heterocycles. The molecule has 0 N–H and O–H groups in total. The highest BCUT2D eigenvalue weighted by atomic mass is 16.7. The summed E-state index contributed by atoms with van der Waals surface area (Å²) in [7, 11) is 0. The molecule has 3 atom stereocenters. The van der Waals surface area contributed by atoms with Gasteiger partial charge in [0.1, 0.15) is 18.8 Å². The standard InChI is InChI=1S/C21H24O5/c1-3-5-11-20(22)25-18-12-13-21(26-19(18)16-23-14-4-2)24-15-17-9-7-6-8-10-17/h2-3,6-10,12-13,18-19,21H,1,5,11,14-16H2/t18-,19+,21-/m0/s1. The molecular formula is C21H24O5. The van der Waals surface area contributed by atoms with E-state index < -0.39 is 18.5 Å². The lowest BCUT2D eigenvalue weighted by atomic mass is 10.1. The van der Waals surface area contributed by atoms with Crippen molar-refractivity contribution >= 4 is 5.97 Å². The van der Waals surface area contributed by atoms with E-state index in [2.05, 4.69) is 12.5 Å². The van der Waals surface area contributed by atoms with Gasteiger partial charge in [-0.2, -0.15) is 0 Å². The number of hydrogen-bond donors (Lipinski definition) is 0. The molecule has 1 aliphatic rings. The smallest absolute Gasteiger partial charge is 0.306 e. The average molecular weight is 356 g/mol. The van der Waals surface area contributed by atoms with Gasteiger partial charge in [-0.1, -0.05) is 42.3 Å². The van der Waals surface area contributed by atoms with Gasteiger partial charge in [-0.15, -0.1) is 13.0 Å². The number of carbonyl (C=O) groups excluding carboxylic acids is 1. The van der Waals surface area contributed by atoms with Gasteiger partial charge >= 0.3 is 5.97 Å². The second kappa shape index (κ2) is 11.3. The monoisotopic (exact) mass is 356 g/mol. The molecule has 1 aromatic carbocycles. The van der Waals surface area contributed by atoms with Gasteiger partial charge in [-0.05, 0) is 24.1 Å². The van der Waals surface area contributed by atoms with E-state index in [4.69, 9.17) is 25.4 Å². The summed E-state index contributed by atoms with van der Waals surface area (Å²) < 4.78 is 22.5. The van der Waals surface area contributed by atoms with Gasteiger partial charge in [-0.25, -0.2) is 0 Å². The number of allylic oxidation sites excluding steroid dienone is 1. The summed E-state index contributed by atoms with van der Waals surface area (Å²) in [5, 5.41) is 0. The lowest BCUT2D eigenvalue weighted by Crippen LogP contribution is -2.42. The first kappa shape index (κ1) is 19.9. The normalized spacial score (nSPS) is 21.7. The summed E-state index contributed by atoms with van der Waals surface area (Å²) in [5.74, 6) is 2.09. The first-order valence-corrected chi connectivity index (χ1v) is 8.54. The maximum Gasteiger partial charge on any atom is 0.306 e. The molecule has 0 radical (unpaired) electrons. The number of esters is 1. The van der Waals surface area contributed by atoms with Gasteiger partial charge in [0.2, 0.25) is 0 Å². The number of terminal acetylenes is 1. The van der Waals surface area contributed by atoms with Gasteiger partial charge < -0.3 is 18.9 Å². The molecule has 1 aromatic rings. The second-order valence-electron chi connectivity index (χ2n) is 5.73. The van der Waals surface area contributed by atoms with E-state index in [0.29, 0.717) is 13.0 Å². The fraction of sp³-hybridized carbons (Fsp3) is 0.381. The largest absolute Gasteiger partial charge is 0.455 e. The summed E-state index contributed by atoms with van der Waals surface area (Å²) in [6.45, 7) is 4.38. The Morgan fingerprint density at radius 2 is 2.12 bits per heavy atom. The highest BCUT2D eigenvalue weighted by Crippen LogP contribution is 2.19. The topological polar surface area (TPSA) is 54.0 Å². The maximum atomic E-state index is 11.9. The van der Waals surface area contributed by atoms with E-state index in [-0.39, 0.29) is 25.6 Å². The molecule has 5 heteroatoms. The van der Waals surface area contributed by atoms with Crippen LogP contribution in [-0.2, 0) is 30.3 Å². The van der Waals surface area contributed by atoms with E-state index >= 15 is 0 Å². The Bertz CT molecular complexity index is 632. The summed E-state index contributed by atoms with van der Waals surface area (Å²) >= 11 is 0. The molecule has 0 bridgehead atoms. The third-order valence-electron chi connectivity index (χ3n) is 3.68. The van der Waals surface area contributed by atoms with Gasteiger partial charge in [0.05, 0.1) is 13.2 Å². The zero-order chi connectivity index (χ0) is 18.6. The van der Waals surface area contributed by atoms with Gasteiger partial charge in [0, 0.05) is 6.42 Å². The molecule has 26 heavy (non-hydrogen) atoms. The molecule has 0 fully saturated rings. The fourth-order valence-corrected chi connectivity index (χ4v) is 2.38. The molecule has 0 unspecified atom stereocenters. The summed E-state index contributed by atoms with van der Waals surface area (Å²) in [4.78, 5) is 11.9. The van der Waals surface area contributed by atoms with Crippen molar-refractivity contribution in [3.05, 3.63) is 60.7 Å². The number of benzene rings is 1. The van der Waals surface area contributed by atoms with Gasteiger partial charge in [-0.3, -0.25) is 4.79 Å². The Kier molecular flexibility index (Phi) is 8.64. The number of ether oxygens (including phenoxy) is 4. The third kappa shape index (κ3) is 6.85. The molecule has 138 valence electrons. The SMILES string of the molecule is C#CCOC[C@H]1O[C@H](OCc2ccccc2)C=C[C@@H]1OC(=O)CCC=C. The van der Waals surface area contributed by atoms with Gasteiger partial charge in [0.15, 0.2) is 6.29 Å². The Morgan fingerprint density at radius 3 is 2.85 bits per heavy atom. The molecular weight excluding hydrogens is 332 g/mol. The van der Waals surface area contributed by atoms with Crippen molar-refractivity contribution in [1.82, 2.24) is 0 Å².